The highest BCUT2D eigenvalue weighted by Crippen LogP contribution is 2.27. The molecule has 1 atom stereocenters. The van der Waals surface area contributed by atoms with Crippen LogP contribution in [-0.4, -0.2) is 30.5 Å². The Morgan fingerprint density at radius 1 is 1.28 bits per heavy atom. The van der Waals surface area contributed by atoms with Gasteiger partial charge in [0, 0.05) is 5.02 Å². The summed E-state index contributed by atoms with van der Waals surface area (Å²) in [5, 5.41) is 0.750. The quantitative estimate of drug-likeness (QED) is 0.612. The topological polar surface area (TPSA) is 67.6 Å². The van der Waals surface area contributed by atoms with Gasteiger partial charge in [-0.05, 0) is 24.7 Å². The van der Waals surface area contributed by atoms with Gasteiger partial charge in [0.05, 0.1) is 12.6 Å². The van der Waals surface area contributed by atoms with Crippen LogP contribution in [0.4, 0.5) is 0 Å². The van der Waals surface area contributed by atoms with Crippen molar-refractivity contribution in [3.05, 3.63) is 34.9 Å². The maximum absolute atomic E-state index is 6.25. The largest absolute Gasteiger partial charge is 0.370 e. The van der Waals surface area contributed by atoms with Gasteiger partial charge in [0.1, 0.15) is 0 Å². The van der Waals surface area contributed by atoms with E-state index >= 15 is 0 Å². The van der Waals surface area contributed by atoms with E-state index in [1.165, 1.54) is 0 Å². The maximum atomic E-state index is 6.25. The molecule has 0 aliphatic rings. The lowest BCUT2D eigenvalue weighted by Gasteiger charge is -2.29. The number of likely N-dealkylation sites (N-methyl/N-ethyl adjacent to an activating group) is 1. The lowest BCUT2D eigenvalue weighted by Crippen LogP contribution is -2.32. The highest BCUT2D eigenvalue weighted by atomic mass is 35.5. The molecule has 0 saturated heterocycles. The summed E-state index contributed by atoms with van der Waals surface area (Å²) in [6.07, 6.45) is 0. The van der Waals surface area contributed by atoms with Crippen molar-refractivity contribution >= 4 is 17.6 Å². The van der Waals surface area contributed by atoms with Gasteiger partial charge in [-0.15, -0.1) is 0 Å². The summed E-state index contributed by atoms with van der Waals surface area (Å²) in [6, 6.07) is 7.92. The van der Waals surface area contributed by atoms with E-state index < -0.39 is 0 Å². The Morgan fingerprint density at radius 3 is 2.39 bits per heavy atom. The van der Waals surface area contributed by atoms with Crippen LogP contribution in [0.5, 0.6) is 0 Å². The van der Waals surface area contributed by atoms with Crippen molar-refractivity contribution in [2.45, 2.75) is 19.9 Å². The molecule has 0 amide bonds. The van der Waals surface area contributed by atoms with E-state index in [-0.39, 0.29) is 12.0 Å². The van der Waals surface area contributed by atoms with Crippen LogP contribution in [0.15, 0.2) is 29.3 Å². The molecule has 100 valence electrons. The first kappa shape index (κ1) is 14.8. The fourth-order valence-corrected chi connectivity index (χ4v) is 2.27. The number of hydrogen-bond donors (Lipinski definition) is 2. The van der Waals surface area contributed by atoms with Crippen LogP contribution < -0.4 is 11.5 Å². The Labute approximate surface area is 114 Å². The molecular weight excluding hydrogens is 248 g/mol. The molecule has 0 radical (unpaired) electrons. The average Bonchev–Trinajstić information content (AvgIpc) is 2.35. The summed E-state index contributed by atoms with van der Waals surface area (Å²) in [7, 11) is 0. The van der Waals surface area contributed by atoms with E-state index in [9.17, 15) is 0 Å². The molecule has 1 aromatic rings. The lowest BCUT2D eigenvalue weighted by atomic mass is 10.1. The van der Waals surface area contributed by atoms with Crippen molar-refractivity contribution in [1.82, 2.24) is 4.90 Å². The van der Waals surface area contributed by atoms with Crippen molar-refractivity contribution in [3.8, 4) is 0 Å². The Bertz CT molecular complexity index is 398. The summed E-state index contributed by atoms with van der Waals surface area (Å²) >= 11 is 6.25. The number of benzene rings is 1. The van der Waals surface area contributed by atoms with Gasteiger partial charge in [-0.3, -0.25) is 9.89 Å². The van der Waals surface area contributed by atoms with Crippen LogP contribution in [0.2, 0.25) is 5.02 Å². The van der Waals surface area contributed by atoms with Gasteiger partial charge in [-0.25, -0.2) is 0 Å². The van der Waals surface area contributed by atoms with Crippen molar-refractivity contribution < 1.29 is 0 Å². The number of guanidine groups is 1. The molecule has 4 N–H and O–H groups in total. The number of aliphatic imine (C=N–C) groups is 1. The molecule has 0 bridgehead atoms. The second kappa shape index (κ2) is 7.24. The Hall–Kier alpha value is -1.26. The minimum absolute atomic E-state index is 0.107. The average molecular weight is 269 g/mol. The first-order valence-corrected chi connectivity index (χ1v) is 6.51. The van der Waals surface area contributed by atoms with Gasteiger partial charge in [0.25, 0.3) is 0 Å². The molecule has 4 nitrogen and oxygen atoms in total. The lowest BCUT2D eigenvalue weighted by molar-refractivity contribution is 0.224. The van der Waals surface area contributed by atoms with E-state index in [4.69, 9.17) is 23.1 Å². The second-order valence-electron chi connectivity index (χ2n) is 4.02. The van der Waals surface area contributed by atoms with Crippen molar-refractivity contribution in [1.29, 1.82) is 0 Å². The number of nitrogens with two attached hydrogens (primary N) is 2. The van der Waals surface area contributed by atoms with Crippen LogP contribution in [-0.2, 0) is 0 Å². The van der Waals surface area contributed by atoms with Crippen LogP contribution in [0.1, 0.15) is 25.5 Å². The molecular formula is C13H21ClN4. The summed E-state index contributed by atoms with van der Waals surface area (Å²) < 4.78 is 0. The number of nitrogens with zero attached hydrogens (tertiary/aromatic N) is 2. The Balaban J connectivity index is 3.03. The molecule has 1 unspecified atom stereocenters. The highest BCUT2D eigenvalue weighted by Gasteiger charge is 2.19. The molecule has 18 heavy (non-hydrogen) atoms. The van der Waals surface area contributed by atoms with E-state index in [1.807, 2.05) is 24.3 Å². The van der Waals surface area contributed by atoms with Crippen molar-refractivity contribution in [3.63, 3.8) is 0 Å². The molecule has 1 aromatic carbocycles. The fourth-order valence-electron chi connectivity index (χ4n) is 2.01. The van der Waals surface area contributed by atoms with E-state index in [1.54, 1.807) is 0 Å². The predicted octanol–water partition coefficient (Wildman–Crippen LogP) is 2.00. The molecule has 0 saturated carbocycles. The SMILES string of the molecule is CCN(CC)C(CN=C(N)N)c1ccccc1Cl. The van der Waals surface area contributed by atoms with Gasteiger partial charge in [0.2, 0.25) is 0 Å². The summed E-state index contributed by atoms with van der Waals surface area (Å²) in [5.74, 6) is 0.110. The van der Waals surface area contributed by atoms with Crippen LogP contribution in [0, 0.1) is 0 Å². The van der Waals surface area contributed by atoms with Crippen LogP contribution in [0.25, 0.3) is 0 Å². The molecule has 0 fully saturated rings. The molecule has 0 aliphatic heterocycles. The Kier molecular flexibility index (Phi) is 5.95. The number of halogens is 1. The predicted molar refractivity (Wildman–Crippen MR) is 77.8 cm³/mol. The van der Waals surface area contributed by atoms with Gasteiger partial charge >= 0.3 is 0 Å². The zero-order chi connectivity index (χ0) is 13.5. The monoisotopic (exact) mass is 268 g/mol. The van der Waals surface area contributed by atoms with Gasteiger partial charge < -0.3 is 11.5 Å². The number of rotatable bonds is 6. The second-order valence-corrected chi connectivity index (χ2v) is 4.43. The minimum Gasteiger partial charge on any atom is -0.370 e. The zero-order valence-electron chi connectivity index (χ0n) is 10.9. The maximum Gasteiger partial charge on any atom is 0.185 e. The normalized spacial score (nSPS) is 12.4. The van der Waals surface area contributed by atoms with E-state index in [0.717, 1.165) is 23.7 Å². The van der Waals surface area contributed by atoms with E-state index in [2.05, 4.69) is 23.7 Å². The molecule has 0 aromatic heterocycles. The molecule has 1 rings (SSSR count). The highest BCUT2D eigenvalue weighted by molar-refractivity contribution is 6.31. The third-order valence-electron chi connectivity index (χ3n) is 2.96. The summed E-state index contributed by atoms with van der Waals surface area (Å²) in [4.78, 5) is 6.42. The Morgan fingerprint density at radius 2 is 1.89 bits per heavy atom. The fraction of sp³-hybridized carbons (Fsp3) is 0.462. The van der Waals surface area contributed by atoms with Crippen LogP contribution in [0.3, 0.4) is 0 Å². The smallest absolute Gasteiger partial charge is 0.185 e. The van der Waals surface area contributed by atoms with E-state index in [0.29, 0.717) is 6.54 Å². The zero-order valence-corrected chi connectivity index (χ0v) is 11.7. The molecule has 0 aliphatic carbocycles. The minimum atomic E-state index is 0.107. The number of hydrogen-bond acceptors (Lipinski definition) is 2. The molecule has 5 heteroatoms. The third-order valence-corrected chi connectivity index (χ3v) is 3.31. The van der Waals surface area contributed by atoms with Crippen molar-refractivity contribution in [2.24, 2.45) is 16.5 Å². The standard InChI is InChI=1S/C13H21ClN4/c1-3-18(4-2)12(9-17-13(15)16)10-7-5-6-8-11(10)14/h5-8,12H,3-4,9H2,1-2H3,(H4,15,16,17). The summed E-state index contributed by atoms with van der Waals surface area (Å²) in [5.41, 5.74) is 11.9. The summed E-state index contributed by atoms with van der Waals surface area (Å²) in [6.45, 7) is 6.60. The molecule has 0 spiro atoms. The van der Waals surface area contributed by atoms with Gasteiger partial charge in [0.15, 0.2) is 5.96 Å². The van der Waals surface area contributed by atoms with Gasteiger partial charge in [-0.2, -0.15) is 0 Å². The van der Waals surface area contributed by atoms with Crippen LogP contribution >= 0.6 is 11.6 Å². The first-order valence-electron chi connectivity index (χ1n) is 6.14. The third kappa shape index (κ3) is 3.89. The first-order chi connectivity index (χ1) is 8.60. The van der Waals surface area contributed by atoms with Gasteiger partial charge in [-0.1, -0.05) is 43.6 Å². The van der Waals surface area contributed by atoms with Crippen molar-refractivity contribution in [2.75, 3.05) is 19.6 Å². The molecule has 0 heterocycles.